The second kappa shape index (κ2) is 11.3. The maximum Gasteiger partial charge on any atom is 0.303 e. The van der Waals surface area contributed by atoms with E-state index < -0.39 is 5.97 Å². The zero-order chi connectivity index (χ0) is 14.7. The first-order valence-electron chi connectivity index (χ1n) is 8.19. The van der Waals surface area contributed by atoms with Crippen molar-refractivity contribution in [2.45, 2.75) is 85.5 Å². The summed E-state index contributed by atoms with van der Waals surface area (Å²) >= 11 is 0. The molecule has 3 atom stereocenters. The maximum atomic E-state index is 10.7. The van der Waals surface area contributed by atoms with Crippen molar-refractivity contribution in [3.05, 3.63) is 0 Å². The van der Waals surface area contributed by atoms with Gasteiger partial charge in [-0.3, -0.25) is 4.79 Å². The van der Waals surface area contributed by atoms with Crippen LogP contribution in [0.5, 0.6) is 0 Å². The van der Waals surface area contributed by atoms with Crippen LogP contribution in [0.2, 0.25) is 0 Å². The Morgan fingerprint density at radius 3 is 2.11 bits per heavy atom. The molecule has 114 valence electrons. The molecule has 2 nitrogen and oxygen atoms in total. The minimum absolute atomic E-state index is 0.303. The Kier molecular flexibility index (Phi) is 11.0. The monoisotopic (exact) mass is 270 g/mol. The molecule has 0 heterocycles. The van der Waals surface area contributed by atoms with Gasteiger partial charge < -0.3 is 5.11 Å². The van der Waals surface area contributed by atoms with E-state index in [1.54, 1.807) is 0 Å². The van der Waals surface area contributed by atoms with Crippen LogP contribution in [0.4, 0.5) is 0 Å². The molecule has 0 aliphatic rings. The molecule has 1 N–H and O–H groups in total. The number of hydrogen-bond donors (Lipinski definition) is 1. The minimum Gasteiger partial charge on any atom is -0.481 e. The molecule has 19 heavy (non-hydrogen) atoms. The van der Waals surface area contributed by atoms with E-state index in [0.717, 1.165) is 5.92 Å². The van der Waals surface area contributed by atoms with Crippen LogP contribution >= 0.6 is 0 Å². The Balaban J connectivity index is 3.57. The second-order valence-electron chi connectivity index (χ2n) is 6.44. The van der Waals surface area contributed by atoms with Gasteiger partial charge in [0.05, 0.1) is 0 Å². The van der Waals surface area contributed by atoms with Gasteiger partial charge in [0.25, 0.3) is 0 Å². The summed E-state index contributed by atoms with van der Waals surface area (Å²) in [5, 5.41) is 8.79. The largest absolute Gasteiger partial charge is 0.481 e. The summed E-state index contributed by atoms with van der Waals surface area (Å²) < 4.78 is 0. The van der Waals surface area contributed by atoms with E-state index in [0.29, 0.717) is 18.3 Å². The van der Waals surface area contributed by atoms with Crippen LogP contribution < -0.4 is 0 Å². The second-order valence-corrected chi connectivity index (χ2v) is 6.44. The van der Waals surface area contributed by atoms with Crippen molar-refractivity contribution in [2.75, 3.05) is 0 Å². The van der Waals surface area contributed by atoms with E-state index in [-0.39, 0.29) is 0 Å². The van der Waals surface area contributed by atoms with Crippen LogP contribution in [0, 0.1) is 17.8 Å². The predicted octanol–water partition coefficient (Wildman–Crippen LogP) is 5.51. The van der Waals surface area contributed by atoms with Crippen LogP contribution in [0.1, 0.15) is 85.5 Å². The molecule has 0 unspecified atom stereocenters. The highest BCUT2D eigenvalue weighted by Crippen LogP contribution is 2.23. The molecule has 0 aliphatic carbocycles. The van der Waals surface area contributed by atoms with Gasteiger partial charge in [-0.1, -0.05) is 79.1 Å². The normalized spacial score (nSPS) is 16.0. The quantitative estimate of drug-likeness (QED) is 0.475. The molecule has 2 heteroatoms. The van der Waals surface area contributed by atoms with Crippen molar-refractivity contribution in [3.63, 3.8) is 0 Å². The first-order valence-corrected chi connectivity index (χ1v) is 8.19. The van der Waals surface area contributed by atoms with Crippen LogP contribution in [0.3, 0.4) is 0 Å². The maximum absolute atomic E-state index is 10.7. The molecule has 0 amide bonds. The average Bonchev–Trinajstić information content (AvgIpc) is 2.33. The molecule has 0 bridgehead atoms. The molecular formula is C17H34O2. The average molecular weight is 270 g/mol. The van der Waals surface area contributed by atoms with E-state index in [9.17, 15) is 4.79 Å². The van der Waals surface area contributed by atoms with Crippen LogP contribution in [-0.2, 0) is 4.79 Å². The molecule has 0 radical (unpaired) electrons. The van der Waals surface area contributed by atoms with Crippen molar-refractivity contribution in [3.8, 4) is 0 Å². The molecule has 0 rings (SSSR count). The molecule has 0 fully saturated rings. The van der Waals surface area contributed by atoms with E-state index >= 15 is 0 Å². The summed E-state index contributed by atoms with van der Waals surface area (Å²) in [6.07, 6.45) is 10.8. The van der Waals surface area contributed by atoms with Gasteiger partial charge in [-0.2, -0.15) is 0 Å². The summed E-state index contributed by atoms with van der Waals surface area (Å²) in [5.41, 5.74) is 0. The first-order chi connectivity index (χ1) is 8.97. The zero-order valence-corrected chi connectivity index (χ0v) is 13.5. The lowest BCUT2D eigenvalue weighted by molar-refractivity contribution is -0.138. The predicted molar refractivity (Wildman–Crippen MR) is 82.4 cm³/mol. The molecule has 0 aromatic carbocycles. The summed E-state index contributed by atoms with van der Waals surface area (Å²) in [7, 11) is 0. The van der Waals surface area contributed by atoms with E-state index in [1.165, 1.54) is 51.4 Å². The summed E-state index contributed by atoms with van der Waals surface area (Å²) in [5.74, 6) is 1.00. The first kappa shape index (κ1) is 18.5. The van der Waals surface area contributed by atoms with Gasteiger partial charge in [0.2, 0.25) is 0 Å². The van der Waals surface area contributed by atoms with Crippen LogP contribution in [0.25, 0.3) is 0 Å². The summed E-state index contributed by atoms with van der Waals surface area (Å²) in [4.78, 5) is 10.7. The lowest BCUT2D eigenvalue weighted by atomic mass is 9.87. The lowest BCUT2D eigenvalue weighted by Gasteiger charge is -2.19. The standard InChI is InChI=1S/C17H34O2/c1-5-6-7-8-10-14(2)11-9-12-15(3)16(4)13-17(18)19/h14-16H,5-13H2,1-4H3,(H,18,19)/t14-,15-,16+/m1/s1. The SMILES string of the molecule is CCCCCC[C@@H](C)CCC[C@@H](C)[C@@H](C)CC(=O)O. The Hall–Kier alpha value is -0.530. The van der Waals surface area contributed by atoms with Crippen molar-refractivity contribution in [1.82, 2.24) is 0 Å². The van der Waals surface area contributed by atoms with Gasteiger partial charge in [-0.15, -0.1) is 0 Å². The topological polar surface area (TPSA) is 37.3 Å². The summed E-state index contributed by atoms with van der Waals surface area (Å²) in [6.45, 7) is 8.87. The van der Waals surface area contributed by atoms with E-state index in [1.807, 2.05) is 0 Å². The fourth-order valence-corrected chi connectivity index (χ4v) is 2.61. The third-order valence-corrected chi connectivity index (χ3v) is 4.37. The fraction of sp³-hybridized carbons (Fsp3) is 0.941. The molecule has 0 saturated heterocycles. The van der Waals surface area contributed by atoms with Gasteiger partial charge in [0.1, 0.15) is 0 Å². The van der Waals surface area contributed by atoms with Crippen molar-refractivity contribution in [1.29, 1.82) is 0 Å². The number of carbonyl (C=O) groups is 1. The third-order valence-electron chi connectivity index (χ3n) is 4.37. The van der Waals surface area contributed by atoms with Crippen molar-refractivity contribution in [2.24, 2.45) is 17.8 Å². The minimum atomic E-state index is -0.663. The Morgan fingerprint density at radius 1 is 0.895 bits per heavy atom. The number of hydrogen-bond acceptors (Lipinski definition) is 1. The summed E-state index contributed by atoms with van der Waals surface area (Å²) in [6, 6.07) is 0. The fourth-order valence-electron chi connectivity index (χ4n) is 2.61. The van der Waals surface area contributed by atoms with Crippen molar-refractivity contribution >= 4 is 5.97 Å². The zero-order valence-electron chi connectivity index (χ0n) is 13.5. The van der Waals surface area contributed by atoms with E-state index in [4.69, 9.17) is 5.11 Å². The molecule has 0 aromatic heterocycles. The van der Waals surface area contributed by atoms with Crippen LogP contribution in [0.15, 0.2) is 0 Å². The Labute approximate surface area is 120 Å². The molecular weight excluding hydrogens is 236 g/mol. The molecule has 0 aliphatic heterocycles. The highest BCUT2D eigenvalue weighted by molar-refractivity contribution is 5.66. The van der Waals surface area contributed by atoms with Crippen molar-refractivity contribution < 1.29 is 9.90 Å². The Bertz CT molecular complexity index is 225. The molecule has 0 aromatic rings. The van der Waals surface area contributed by atoms with Gasteiger partial charge in [-0.25, -0.2) is 0 Å². The van der Waals surface area contributed by atoms with Gasteiger partial charge in [0, 0.05) is 6.42 Å². The number of unbranched alkanes of at least 4 members (excludes halogenated alkanes) is 3. The Morgan fingerprint density at radius 2 is 1.53 bits per heavy atom. The highest BCUT2D eigenvalue weighted by atomic mass is 16.4. The van der Waals surface area contributed by atoms with Gasteiger partial charge in [-0.05, 0) is 17.8 Å². The third kappa shape index (κ3) is 11.0. The lowest BCUT2D eigenvalue weighted by Crippen LogP contribution is -2.13. The molecule has 0 spiro atoms. The van der Waals surface area contributed by atoms with Gasteiger partial charge >= 0.3 is 5.97 Å². The number of carboxylic acid groups (broad SMARTS) is 1. The van der Waals surface area contributed by atoms with Gasteiger partial charge in [0.15, 0.2) is 0 Å². The number of aliphatic carboxylic acids is 1. The number of carboxylic acids is 1. The number of rotatable bonds is 12. The highest BCUT2D eigenvalue weighted by Gasteiger charge is 2.15. The molecule has 0 saturated carbocycles. The van der Waals surface area contributed by atoms with E-state index in [2.05, 4.69) is 27.7 Å². The van der Waals surface area contributed by atoms with Crippen LogP contribution in [-0.4, -0.2) is 11.1 Å². The smallest absolute Gasteiger partial charge is 0.303 e.